The Hall–Kier alpha value is -2.21. The first kappa shape index (κ1) is 15.7. The van der Waals surface area contributed by atoms with Crippen molar-refractivity contribution in [2.75, 3.05) is 6.61 Å². The van der Waals surface area contributed by atoms with Gasteiger partial charge in [-0.25, -0.2) is 4.79 Å². The predicted octanol–water partition coefficient (Wildman–Crippen LogP) is 2.23. The fourth-order valence-electron chi connectivity index (χ4n) is 2.91. The summed E-state index contributed by atoms with van der Waals surface area (Å²) in [6.07, 6.45) is 3.54. The minimum atomic E-state index is -0.962. The molecule has 3 rings (SSSR count). The maximum atomic E-state index is 13.3. The van der Waals surface area contributed by atoms with E-state index in [1.54, 1.807) is 0 Å². The molecule has 1 fully saturated rings. The van der Waals surface area contributed by atoms with Gasteiger partial charge in [-0.3, -0.25) is 14.3 Å². The van der Waals surface area contributed by atoms with Gasteiger partial charge < -0.3 is 4.74 Å². The van der Waals surface area contributed by atoms with Gasteiger partial charge in [0.1, 0.15) is 0 Å². The fourth-order valence-corrected chi connectivity index (χ4v) is 2.91. The van der Waals surface area contributed by atoms with Gasteiger partial charge in [-0.15, -0.1) is 0 Å². The summed E-state index contributed by atoms with van der Waals surface area (Å²) in [6.45, 7) is 1.27. The smallest absolute Gasteiger partial charge is 0.328 e. The Morgan fingerprint density at radius 1 is 1.22 bits per heavy atom. The van der Waals surface area contributed by atoms with E-state index in [0.29, 0.717) is 19.1 Å². The van der Waals surface area contributed by atoms with Gasteiger partial charge >= 0.3 is 5.69 Å². The van der Waals surface area contributed by atoms with Crippen molar-refractivity contribution in [3.8, 4) is 0 Å². The third kappa shape index (κ3) is 3.76. The quantitative estimate of drug-likeness (QED) is 0.831. The Balaban J connectivity index is 1.42. The molecular formula is C17H19FN2O3. The van der Waals surface area contributed by atoms with Crippen molar-refractivity contribution in [2.45, 2.75) is 31.9 Å². The van der Waals surface area contributed by atoms with Gasteiger partial charge in [0.15, 0.2) is 0 Å². The lowest BCUT2D eigenvalue weighted by Crippen LogP contribution is -2.38. The zero-order valence-corrected chi connectivity index (χ0v) is 12.7. The average Bonchev–Trinajstić information content (AvgIpc) is 2.51. The zero-order chi connectivity index (χ0) is 16.2. The minimum Gasteiger partial charge on any atom is -0.377 e. The van der Waals surface area contributed by atoms with Crippen LogP contribution in [0.4, 0.5) is 4.39 Å². The van der Waals surface area contributed by atoms with Crippen molar-refractivity contribution < 1.29 is 9.13 Å². The summed E-state index contributed by atoms with van der Waals surface area (Å²) in [5.74, 6) is -0.447. The zero-order valence-electron chi connectivity index (χ0n) is 12.7. The number of nitrogens with one attached hydrogen (secondary N) is 1. The van der Waals surface area contributed by atoms with Crippen LogP contribution in [0.15, 0.2) is 46.1 Å². The van der Waals surface area contributed by atoms with Crippen molar-refractivity contribution in [2.24, 2.45) is 5.92 Å². The van der Waals surface area contributed by atoms with Crippen LogP contribution in [0.5, 0.6) is 0 Å². The first-order valence-electron chi connectivity index (χ1n) is 7.76. The van der Waals surface area contributed by atoms with Crippen LogP contribution in [0, 0.1) is 11.7 Å². The number of aromatic nitrogens is 2. The summed E-state index contributed by atoms with van der Waals surface area (Å²) in [5.41, 5.74) is -0.356. The van der Waals surface area contributed by atoms with E-state index in [1.165, 1.54) is 4.57 Å². The van der Waals surface area contributed by atoms with Gasteiger partial charge in [0.25, 0.3) is 5.56 Å². The number of ether oxygens (including phenoxy) is 1. The molecule has 122 valence electrons. The third-order valence-electron chi connectivity index (χ3n) is 4.31. The highest BCUT2D eigenvalue weighted by atomic mass is 19.1. The molecule has 1 N–H and O–H groups in total. The van der Waals surface area contributed by atoms with E-state index >= 15 is 0 Å². The summed E-state index contributed by atoms with van der Waals surface area (Å²) in [6, 6.07) is 9.95. The fraction of sp³-hybridized carbons (Fsp3) is 0.412. The van der Waals surface area contributed by atoms with Gasteiger partial charge in [-0.05, 0) is 30.7 Å². The summed E-state index contributed by atoms with van der Waals surface area (Å²) >= 11 is 0. The number of hydrogen-bond donors (Lipinski definition) is 1. The highest BCUT2D eigenvalue weighted by Crippen LogP contribution is 2.38. The number of hydrogen-bond acceptors (Lipinski definition) is 3. The van der Waals surface area contributed by atoms with Gasteiger partial charge in [0.05, 0.1) is 12.8 Å². The van der Waals surface area contributed by atoms with Crippen LogP contribution in [0.3, 0.4) is 0 Å². The van der Waals surface area contributed by atoms with Crippen molar-refractivity contribution in [3.63, 3.8) is 0 Å². The number of H-pyrrole nitrogens is 1. The van der Waals surface area contributed by atoms with Crippen molar-refractivity contribution in [1.29, 1.82) is 0 Å². The van der Waals surface area contributed by atoms with Crippen molar-refractivity contribution in [1.82, 2.24) is 9.55 Å². The lowest BCUT2D eigenvalue weighted by Gasteiger charge is -2.36. The average molecular weight is 318 g/mol. The standard InChI is InChI=1S/C17H19FN2O3/c18-15-10-20(17(22)19-16(15)21)14-8-13(9-14)6-7-23-11-12-4-2-1-3-5-12/h1-5,10,13-14H,6-9,11H2,(H,19,21,22). The van der Waals surface area contributed by atoms with E-state index < -0.39 is 17.1 Å². The second kappa shape index (κ2) is 6.91. The van der Waals surface area contributed by atoms with E-state index in [1.807, 2.05) is 35.3 Å². The maximum Gasteiger partial charge on any atom is 0.328 e. The molecule has 1 aromatic heterocycles. The molecule has 0 radical (unpaired) electrons. The van der Waals surface area contributed by atoms with Crippen LogP contribution >= 0.6 is 0 Å². The van der Waals surface area contributed by atoms with Gasteiger partial charge in [-0.1, -0.05) is 30.3 Å². The molecular weight excluding hydrogens is 299 g/mol. The molecule has 0 saturated heterocycles. The highest BCUT2D eigenvalue weighted by molar-refractivity contribution is 5.13. The molecule has 1 aromatic carbocycles. The molecule has 2 aromatic rings. The van der Waals surface area contributed by atoms with Crippen LogP contribution in [0.1, 0.15) is 30.9 Å². The van der Waals surface area contributed by atoms with Crippen LogP contribution in [-0.2, 0) is 11.3 Å². The first-order chi connectivity index (χ1) is 11.1. The molecule has 0 spiro atoms. The predicted molar refractivity (Wildman–Crippen MR) is 83.8 cm³/mol. The second-order valence-corrected chi connectivity index (χ2v) is 5.96. The van der Waals surface area contributed by atoms with E-state index in [9.17, 15) is 14.0 Å². The van der Waals surface area contributed by atoms with Gasteiger partial charge in [-0.2, -0.15) is 4.39 Å². The molecule has 23 heavy (non-hydrogen) atoms. The normalized spacial score (nSPS) is 20.2. The molecule has 6 heteroatoms. The van der Waals surface area contributed by atoms with E-state index in [2.05, 4.69) is 0 Å². The molecule has 0 amide bonds. The topological polar surface area (TPSA) is 64.1 Å². The van der Waals surface area contributed by atoms with Gasteiger partial charge in [0, 0.05) is 12.6 Å². The molecule has 1 saturated carbocycles. The third-order valence-corrected chi connectivity index (χ3v) is 4.31. The summed E-state index contributed by atoms with van der Waals surface area (Å²) in [5, 5.41) is 0. The molecule has 0 unspecified atom stereocenters. The summed E-state index contributed by atoms with van der Waals surface area (Å²) < 4.78 is 20.2. The van der Waals surface area contributed by atoms with Gasteiger partial charge in [0.2, 0.25) is 5.82 Å². The number of halogens is 1. The summed E-state index contributed by atoms with van der Waals surface area (Å²) in [7, 11) is 0. The van der Waals surface area contributed by atoms with E-state index in [4.69, 9.17) is 4.74 Å². The Kier molecular flexibility index (Phi) is 4.71. The molecule has 1 aliphatic rings. The Morgan fingerprint density at radius 2 is 1.96 bits per heavy atom. The number of nitrogens with zero attached hydrogens (tertiary/aromatic N) is 1. The lowest BCUT2D eigenvalue weighted by molar-refractivity contribution is 0.0794. The van der Waals surface area contributed by atoms with E-state index in [-0.39, 0.29) is 6.04 Å². The molecule has 0 atom stereocenters. The van der Waals surface area contributed by atoms with Crippen LogP contribution < -0.4 is 11.2 Å². The lowest BCUT2D eigenvalue weighted by atomic mass is 9.78. The Morgan fingerprint density at radius 3 is 2.70 bits per heavy atom. The van der Waals surface area contributed by atoms with Crippen LogP contribution in [0.2, 0.25) is 0 Å². The van der Waals surface area contributed by atoms with Crippen molar-refractivity contribution >= 4 is 0 Å². The summed E-state index contributed by atoms with van der Waals surface area (Å²) in [4.78, 5) is 24.7. The van der Waals surface area contributed by atoms with Crippen LogP contribution in [-0.4, -0.2) is 16.2 Å². The largest absolute Gasteiger partial charge is 0.377 e. The first-order valence-corrected chi connectivity index (χ1v) is 7.76. The minimum absolute atomic E-state index is 0.0343. The number of aromatic amines is 1. The molecule has 0 bridgehead atoms. The Bertz CT molecular complexity index is 763. The monoisotopic (exact) mass is 318 g/mol. The Labute approximate surface area is 132 Å². The van der Waals surface area contributed by atoms with Crippen LogP contribution in [0.25, 0.3) is 0 Å². The number of benzene rings is 1. The number of rotatable bonds is 6. The maximum absolute atomic E-state index is 13.3. The highest BCUT2D eigenvalue weighted by Gasteiger charge is 2.31. The molecule has 1 heterocycles. The molecule has 0 aliphatic heterocycles. The van der Waals surface area contributed by atoms with Crippen molar-refractivity contribution in [3.05, 3.63) is 68.7 Å². The second-order valence-electron chi connectivity index (χ2n) is 5.96. The SMILES string of the molecule is O=c1[nH]c(=O)n(C2CC(CCOCc3ccccc3)C2)cc1F. The van der Waals surface area contributed by atoms with E-state index in [0.717, 1.165) is 31.0 Å². The molecule has 1 aliphatic carbocycles. The molecule has 5 nitrogen and oxygen atoms in total.